The van der Waals surface area contributed by atoms with E-state index in [9.17, 15) is 4.21 Å². The average molecular weight is 198 g/mol. The molecule has 0 saturated carbocycles. The lowest BCUT2D eigenvalue weighted by atomic mass is 10.1. The first kappa shape index (κ1) is 10.4. The molecule has 3 nitrogen and oxygen atoms in total. The van der Waals surface area contributed by atoms with E-state index in [0.717, 1.165) is 12.0 Å². The van der Waals surface area contributed by atoms with Crippen LogP contribution in [0.1, 0.15) is 12.5 Å². The minimum Gasteiger partial charge on any atom is -0.328 e. The molecule has 0 radical (unpaired) electrons. The summed E-state index contributed by atoms with van der Waals surface area (Å²) in [5.41, 5.74) is 6.72. The Morgan fingerprint density at radius 3 is 2.77 bits per heavy atom. The third kappa shape index (κ3) is 3.26. The van der Waals surface area contributed by atoms with E-state index in [1.807, 2.05) is 25.1 Å². The van der Waals surface area contributed by atoms with Gasteiger partial charge < -0.3 is 5.73 Å². The maximum atomic E-state index is 10.9. The zero-order chi connectivity index (χ0) is 9.84. The van der Waals surface area contributed by atoms with E-state index in [0.29, 0.717) is 4.90 Å². The summed E-state index contributed by atoms with van der Waals surface area (Å²) >= 11 is 0. The Morgan fingerprint density at radius 2 is 2.23 bits per heavy atom. The van der Waals surface area contributed by atoms with Crippen molar-refractivity contribution in [3.05, 3.63) is 29.8 Å². The highest BCUT2D eigenvalue weighted by molar-refractivity contribution is 7.82. The highest BCUT2D eigenvalue weighted by Crippen LogP contribution is 2.08. The zero-order valence-corrected chi connectivity index (χ0v) is 8.38. The quantitative estimate of drug-likeness (QED) is 0.745. The van der Waals surface area contributed by atoms with Crippen LogP contribution in [0.15, 0.2) is 29.2 Å². The molecule has 0 bridgehead atoms. The molecule has 1 aromatic carbocycles. The molecule has 0 amide bonds. The number of nitrogens with two attached hydrogens (primary N) is 2. The van der Waals surface area contributed by atoms with Crippen LogP contribution in [0.4, 0.5) is 0 Å². The van der Waals surface area contributed by atoms with Gasteiger partial charge in [-0.2, -0.15) is 0 Å². The Hall–Kier alpha value is -0.710. The molecule has 1 rings (SSSR count). The lowest BCUT2D eigenvalue weighted by Gasteiger charge is -2.05. The molecule has 0 aliphatic heterocycles. The molecule has 0 aromatic heterocycles. The van der Waals surface area contributed by atoms with Crippen LogP contribution in [0.5, 0.6) is 0 Å². The molecule has 13 heavy (non-hydrogen) atoms. The largest absolute Gasteiger partial charge is 0.328 e. The maximum Gasteiger partial charge on any atom is 0.122 e. The van der Waals surface area contributed by atoms with Gasteiger partial charge >= 0.3 is 0 Å². The van der Waals surface area contributed by atoms with Gasteiger partial charge in [0, 0.05) is 6.04 Å². The molecular formula is C9H14N2OS. The van der Waals surface area contributed by atoms with Crippen LogP contribution in [0, 0.1) is 0 Å². The van der Waals surface area contributed by atoms with Gasteiger partial charge in [0.1, 0.15) is 11.0 Å². The van der Waals surface area contributed by atoms with Gasteiger partial charge in [-0.15, -0.1) is 0 Å². The third-order valence-electron chi connectivity index (χ3n) is 1.69. The van der Waals surface area contributed by atoms with E-state index in [1.54, 1.807) is 6.07 Å². The first-order valence-electron chi connectivity index (χ1n) is 4.10. The minimum atomic E-state index is -1.39. The van der Waals surface area contributed by atoms with Gasteiger partial charge in [0.2, 0.25) is 0 Å². The second-order valence-corrected chi connectivity index (χ2v) is 4.19. The molecule has 72 valence electrons. The maximum absolute atomic E-state index is 10.9. The van der Waals surface area contributed by atoms with Crippen molar-refractivity contribution in [1.82, 2.24) is 0 Å². The fourth-order valence-electron chi connectivity index (χ4n) is 1.17. The van der Waals surface area contributed by atoms with E-state index in [2.05, 4.69) is 0 Å². The number of rotatable bonds is 3. The van der Waals surface area contributed by atoms with Crippen LogP contribution in [0.3, 0.4) is 0 Å². The van der Waals surface area contributed by atoms with Crippen molar-refractivity contribution in [1.29, 1.82) is 0 Å². The van der Waals surface area contributed by atoms with Crippen molar-refractivity contribution in [3.63, 3.8) is 0 Å². The molecule has 1 aromatic rings. The van der Waals surface area contributed by atoms with Crippen LogP contribution < -0.4 is 10.9 Å². The van der Waals surface area contributed by atoms with Gasteiger partial charge in [-0.05, 0) is 31.0 Å². The average Bonchev–Trinajstić information content (AvgIpc) is 2.03. The van der Waals surface area contributed by atoms with Crippen molar-refractivity contribution in [2.75, 3.05) is 0 Å². The second kappa shape index (κ2) is 4.50. The summed E-state index contributed by atoms with van der Waals surface area (Å²) in [5, 5.41) is 5.25. The van der Waals surface area contributed by atoms with Crippen LogP contribution in [-0.4, -0.2) is 10.3 Å². The van der Waals surface area contributed by atoms with E-state index < -0.39 is 11.0 Å². The standard InChI is InChI=1S/C9H14N2OS/c1-7(10)5-8-3-2-4-9(6-8)13(11)12/h2-4,6-7H,5,10-11H2,1H3. The van der Waals surface area contributed by atoms with E-state index in [4.69, 9.17) is 10.9 Å². The zero-order valence-electron chi connectivity index (χ0n) is 7.57. The number of hydrogen-bond donors (Lipinski definition) is 2. The number of benzene rings is 1. The highest BCUT2D eigenvalue weighted by Gasteiger charge is 2.01. The second-order valence-electron chi connectivity index (χ2n) is 3.13. The first-order valence-corrected chi connectivity index (χ1v) is 5.31. The molecule has 2 unspecified atom stereocenters. The molecule has 0 aliphatic rings. The van der Waals surface area contributed by atoms with E-state index >= 15 is 0 Å². The van der Waals surface area contributed by atoms with Crippen molar-refractivity contribution in [2.45, 2.75) is 24.3 Å². The summed E-state index contributed by atoms with van der Waals surface area (Å²) in [6, 6.07) is 7.50. The SMILES string of the molecule is CC(N)Cc1cccc(S(N)=O)c1. The van der Waals surface area contributed by atoms with Crippen LogP contribution in [0.2, 0.25) is 0 Å². The normalized spacial score (nSPS) is 15.3. The third-order valence-corrected chi connectivity index (χ3v) is 2.41. The van der Waals surface area contributed by atoms with Crippen molar-refractivity contribution in [2.24, 2.45) is 10.9 Å². The number of hydrogen-bond acceptors (Lipinski definition) is 2. The molecule has 0 spiro atoms. The molecule has 0 saturated heterocycles. The Kier molecular flexibility index (Phi) is 3.59. The predicted octanol–water partition coefficient (Wildman–Crippen LogP) is 0.558. The summed E-state index contributed by atoms with van der Waals surface area (Å²) in [6.45, 7) is 1.94. The van der Waals surface area contributed by atoms with Crippen LogP contribution >= 0.6 is 0 Å². The van der Waals surface area contributed by atoms with Gasteiger partial charge in [0.25, 0.3) is 0 Å². The Balaban J connectivity index is 2.85. The molecular weight excluding hydrogens is 184 g/mol. The summed E-state index contributed by atoms with van der Waals surface area (Å²) in [7, 11) is -1.39. The topological polar surface area (TPSA) is 69.1 Å². The monoisotopic (exact) mass is 198 g/mol. The summed E-state index contributed by atoms with van der Waals surface area (Å²) in [4.78, 5) is 0.651. The minimum absolute atomic E-state index is 0.112. The van der Waals surface area contributed by atoms with Gasteiger partial charge in [-0.1, -0.05) is 12.1 Å². The summed E-state index contributed by atoms with van der Waals surface area (Å²) < 4.78 is 10.9. The summed E-state index contributed by atoms with van der Waals surface area (Å²) in [5.74, 6) is 0. The predicted molar refractivity (Wildman–Crippen MR) is 54.4 cm³/mol. The Labute approximate surface area is 80.7 Å². The lowest BCUT2D eigenvalue weighted by molar-refractivity contribution is 0.683. The van der Waals surface area contributed by atoms with Gasteiger partial charge in [-0.3, -0.25) is 0 Å². The van der Waals surface area contributed by atoms with Crippen molar-refractivity contribution < 1.29 is 4.21 Å². The van der Waals surface area contributed by atoms with E-state index in [-0.39, 0.29) is 6.04 Å². The van der Waals surface area contributed by atoms with Gasteiger partial charge in [-0.25, -0.2) is 9.35 Å². The van der Waals surface area contributed by atoms with Crippen LogP contribution in [0.25, 0.3) is 0 Å². The Morgan fingerprint density at radius 1 is 1.54 bits per heavy atom. The fourth-order valence-corrected chi connectivity index (χ4v) is 1.65. The van der Waals surface area contributed by atoms with Crippen LogP contribution in [-0.2, 0) is 17.4 Å². The first-order chi connectivity index (χ1) is 6.09. The molecule has 4 N–H and O–H groups in total. The molecule has 2 atom stereocenters. The fraction of sp³-hybridized carbons (Fsp3) is 0.333. The molecule has 0 heterocycles. The lowest BCUT2D eigenvalue weighted by Crippen LogP contribution is -2.17. The van der Waals surface area contributed by atoms with Crippen molar-refractivity contribution in [3.8, 4) is 0 Å². The van der Waals surface area contributed by atoms with Gasteiger partial charge in [0.15, 0.2) is 0 Å². The smallest absolute Gasteiger partial charge is 0.122 e. The van der Waals surface area contributed by atoms with Gasteiger partial charge in [0.05, 0.1) is 4.90 Å². The molecule has 0 aliphatic carbocycles. The van der Waals surface area contributed by atoms with E-state index in [1.165, 1.54) is 0 Å². The Bertz CT molecular complexity index is 312. The molecule has 4 heteroatoms. The molecule has 0 fully saturated rings. The highest BCUT2D eigenvalue weighted by atomic mass is 32.2. The van der Waals surface area contributed by atoms with Crippen molar-refractivity contribution >= 4 is 11.0 Å². The summed E-state index contributed by atoms with van der Waals surface area (Å²) in [6.07, 6.45) is 0.783.